The second-order valence-electron chi connectivity index (χ2n) is 4.06. The van der Waals surface area contributed by atoms with Crippen molar-refractivity contribution in [1.29, 1.82) is 0 Å². The topological polar surface area (TPSA) is 22.1 Å². The fourth-order valence-corrected chi connectivity index (χ4v) is 2.10. The van der Waals surface area contributed by atoms with Gasteiger partial charge in [0.2, 0.25) is 0 Å². The van der Waals surface area contributed by atoms with Gasteiger partial charge in [-0.2, -0.15) is 0 Å². The Labute approximate surface area is 110 Å². The lowest BCUT2D eigenvalue weighted by molar-refractivity contribution is 0.415. The van der Waals surface area contributed by atoms with E-state index in [2.05, 4.69) is 4.98 Å². The van der Waals surface area contributed by atoms with Crippen molar-refractivity contribution >= 4 is 11.6 Å². The van der Waals surface area contributed by atoms with Crippen LogP contribution in [0.25, 0.3) is 11.1 Å². The first-order valence-corrected chi connectivity index (χ1v) is 5.88. The van der Waals surface area contributed by atoms with E-state index in [0.29, 0.717) is 22.0 Å². The lowest BCUT2D eigenvalue weighted by atomic mass is 10.00. The molecular formula is C14H13ClFNO. The summed E-state index contributed by atoms with van der Waals surface area (Å²) in [6.07, 6.45) is 1.59. The molecule has 0 N–H and O–H groups in total. The molecule has 0 aliphatic rings. The summed E-state index contributed by atoms with van der Waals surface area (Å²) in [5, 5.41) is 0.465. The Hall–Kier alpha value is -1.61. The van der Waals surface area contributed by atoms with Crippen LogP contribution in [0.15, 0.2) is 24.4 Å². The Bertz CT molecular complexity index is 599. The number of benzene rings is 1. The van der Waals surface area contributed by atoms with E-state index in [0.717, 1.165) is 11.1 Å². The number of methoxy groups -OCH3 is 1. The highest BCUT2D eigenvalue weighted by Gasteiger charge is 2.13. The highest BCUT2D eigenvalue weighted by molar-refractivity contribution is 6.32. The predicted octanol–water partition coefficient (Wildman–Crippen LogP) is 4.17. The van der Waals surface area contributed by atoms with Gasteiger partial charge in [-0.15, -0.1) is 0 Å². The molecule has 0 fully saturated rings. The quantitative estimate of drug-likeness (QED) is 0.813. The molecule has 0 amide bonds. The van der Waals surface area contributed by atoms with E-state index in [4.69, 9.17) is 16.3 Å². The van der Waals surface area contributed by atoms with Crippen LogP contribution in [0.5, 0.6) is 5.75 Å². The Morgan fingerprint density at radius 2 is 1.94 bits per heavy atom. The number of hydrogen-bond acceptors (Lipinski definition) is 2. The molecule has 0 atom stereocenters. The van der Waals surface area contributed by atoms with Crippen LogP contribution in [0.3, 0.4) is 0 Å². The van der Waals surface area contributed by atoms with Gasteiger partial charge in [0, 0.05) is 11.8 Å². The van der Waals surface area contributed by atoms with Crippen molar-refractivity contribution in [3.63, 3.8) is 0 Å². The van der Waals surface area contributed by atoms with Crippen molar-refractivity contribution in [3.8, 4) is 16.9 Å². The summed E-state index contributed by atoms with van der Waals surface area (Å²) in [6, 6.07) is 5.16. The van der Waals surface area contributed by atoms with Crippen molar-refractivity contribution in [3.05, 3.63) is 46.5 Å². The average molecular weight is 266 g/mol. The van der Waals surface area contributed by atoms with Gasteiger partial charge in [0.1, 0.15) is 5.75 Å². The summed E-state index contributed by atoms with van der Waals surface area (Å²) >= 11 is 6.08. The molecule has 0 aliphatic carbocycles. The van der Waals surface area contributed by atoms with Crippen LogP contribution in [0.2, 0.25) is 5.02 Å². The van der Waals surface area contributed by atoms with Gasteiger partial charge in [-0.1, -0.05) is 11.6 Å². The molecule has 0 aliphatic heterocycles. The first-order chi connectivity index (χ1) is 8.54. The fourth-order valence-electron chi connectivity index (χ4n) is 1.86. The Morgan fingerprint density at radius 3 is 2.61 bits per heavy atom. The molecule has 1 aromatic carbocycles. The number of halogens is 2. The smallest absolute Gasteiger partial charge is 0.152 e. The van der Waals surface area contributed by atoms with Gasteiger partial charge in [0.05, 0.1) is 17.8 Å². The Balaban J connectivity index is 2.64. The molecule has 2 nitrogen and oxygen atoms in total. The monoisotopic (exact) mass is 265 g/mol. The van der Waals surface area contributed by atoms with Crippen LogP contribution in [-0.4, -0.2) is 12.1 Å². The van der Waals surface area contributed by atoms with Crippen molar-refractivity contribution in [2.45, 2.75) is 13.8 Å². The molecule has 0 saturated carbocycles. The van der Waals surface area contributed by atoms with E-state index in [9.17, 15) is 4.39 Å². The molecule has 1 aromatic heterocycles. The number of hydrogen-bond donors (Lipinski definition) is 0. The standard InChI is InChI=1S/C14H13ClFNO/c1-8-6-13(18-3)12(15)7-11(8)10-4-5-17-9(2)14(10)16/h4-7H,1-3H3. The summed E-state index contributed by atoms with van der Waals surface area (Å²) < 4.78 is 19.2. The molecule has 18 heavy (non-hydrogen) atoms. The van der Waals surface area contributed by atoms with Gasteiger partial charge in [0.25, 0.3) is 0 Å². The summed E-state index contributed by atoms with van der Waals surface area (Å²) in [5.74, 6) is 0.269. The van der Waals surface area contributed by atoms with Gasteiger partial charge in [0.15, 0.2) is 5.82 Å². The molecule has 2 rings (SSSR count). The van der Waals surface area contributed by atoms with E-state index in [-0.39, 0.29) is 5.82 Å². The third kappa shape index (κ3) is 2.18. The van der Waals surface area contributed by atoms with Crippen LogP contribution in [-0.2, 0) is 0 Å². The Kier molecular flexibility index (Phi) is 3.53. The maximum Gasteiger partial charge on any atom is 0.152 e. The summed E-state index contributed by atoms with van der Waals surface area (Å²) in [4.78, 5) is 3.92. The number of rotatable bonds is 2. The van der Waals surface area contributed by atoms with E-state index >= 15 is 0 Å². The van der Waals surface area contributed by atoms with Crippen molar-refractivity contribution in [1.82, 2.24) is 4.98 Å². The average Bonchev–Trinajstić information content (AvgIpc) is 2.35. The molecule has 0 saturated heterocycles. The first-order valence-electron chi connectivity index (χ1n) is 5.50. The highest BCUT2D eigenvalue weighted by Crippen LogP contribution is 2.34. The first kappa shape index (κ1) is 12.8. The van der Waals surface area contributed by atoms with Crippen molar-refractivity contribution in [2.75, 3.05) is 7.11 Å². The summed E-state index contributed by atoms with van der Waals surface area (Å²) in [6.45, 7) is 3.53. The molecule has 0 unspecified atom stereocenters. The Morgan fingerprint density at radius 1 is 1.22 bits per heavy atom. The van der Waals surface area contributed by atoms with Gasteiger partial charge in [-0.3, -0.25) is 4.98 Å². The van der Waals surface area contributed by atoms with E-state index in [1.165, 1.54) is 0 Å². The second-order valence-corrected chi connectivity index (χ2v) is 4.47. The van der Waals surface area contributed by atoms with Gasteiger partial charge in [-0.05, 0) is 43.2 Å². The largest absolute Gasteiger partial charge is 0.495 e. The maximum absolute atomic E-state index is 14.0. The SMILES string of the molecule is COc1cc(C)c(-c2ccnc(C)c2F)cc1Cl. The van der Waals surface area contributed by atoms with Crippen LogP contribution >= 0.6 is 11.6 Å². The van der Waals surface area contributed by atoms with Crippen LogP contribution in [0.4, 0.5) is 4.39 Å². The molecule has 4 heteroatoms. The minimum atomic E-state index is -0.318. The van der Waals surface area contributed by atoms with E-state index in [1.807, 2.05) is 6.92 Å². The number of aromatic nitrogens is 1. The number of ether oxygens (including phenoxy) is 1. The minimum absolute atomic E-state index is 0.318. The van der Waals surface area contributed by atoms with E-state index < -0.39 is 0 Å². The van der Waals surface area contributed by atoms with Crippen LogP contribution in [0.1, 0.15) is 11.3 Å². The number of pyridine rings is 1. The molecule has 0 bridgehead atoms. The van der Waals surface area contributed by atoms with Crippen molar-refractivity contribution < 1.29 is 9.13 Å². The van der Waals surface area contributed by atoms with Gasteiger partial charge in [-0.25, -0.2) is 4.39 Å². The normalized spacial score (nSPS) is 10.5. The zero-order valence-electron chi connectivity index (χ0n) is 10.4. The molecule has 94 valence electrons. The second kappa shape index (κ2) is 4.94. The van der Waals surface area contributed by atoms with E-state index in [1.54, 1.807) is 38.4 Å². The maximum atomic E-state index is 14.0. The van der Waals surface area contributed by atoms with Crippen LogP contribution < -0.4 is 4.74 Å². The summed E-state index contributed by atoms with van der Waals surface area (Å²) in [5.41, 5.74) is 2.54. The zero-order chi connectivity index (χ0) is 13.3. The third-order valence-corrected chi connectivity index (χ3v) is 3.15. The summed E-state index contributed by atoms with van der Waals surface area (Å²) in [7, 11) is 1.55. The number of nitrogens with zero attached hydrogens (tertiary/aromatic N) is 1. The fraction of sp³-hybridized carbons (Fsp3) is 0.214. The third-order valence-electron chi connectivity index (χ3n) is 2.85. The van der Waals surface area contributed by atoms with Gasteiger partial charge >= 0.3 is 0 Å². The predicted molar refractivity (Wildman–Crippen MR) is 70.7 cm³/mol. The molecule has 2 aromatic rings. The molecule has 0 radical (unpaired) electrons. The van der Waals surface area contributed by atoms with Gasteiger partial charge < -0.3 is 4.74 Å². The lowest BCUT2D eigenvalue weighted by Crippen LogP contribution is -1.94. The molecule has 0 spiro atoms. The lowest BCUT2D eigenvalue weighted by Gasteiger charge is -2.11. The molecular weight excluding hydrogens is 253 g/mol. The minimum Gasteiger partial charge on any atom is -0.495 e. The highest BCUT2D eigenvalue weighted by atomic mass is 35.5. The van der Waals surface area contributed by atoms with Crippen LogP contribution in [0, 0.1) is 19.7 Å². The number of aryl methyl sites for hydroxylation is 2. The van der Waals surface area contributed by atoms with Crippen molar-refractivity contribution in [2.24, 2.45) is 0 Å². The zero-order valence-corrected chi connectivity index (χ0v) is 11.2. The molecule has 1 heterocycles.